The molecule has 1 amide bonds. The van der Waals surface area contributed by atoms with Gasteiger partial charge in [0.15, 0.2) is 0 Å². The highest BCUT2D eigenvalue weighted by Crippen LogP contribution is 2.43. The van der Waals surface area contributed by atoms with Crippen LogP contribution in [0.2, 0.25) is 0 Å². The van der Waals surface area contributed by atoms with Gasteiger partial charge in [0.1, 0.15) is 5.82 Å². The van der Waals surface area contributed by atoms with E-state index in [4.69, 9.17) is 0 Å². The van der Waals surface area contributed by atoms with Crippen LogP contribution in [-0.2, 0) is 4.79 Å². The first kappa shape index (κ1) is 16.8. The molecule has 5 heteroatoms. The first-order valence-corrected chi connectivity index (χ1v) is 9.75. The number of piperidine rings is 1. The fraction of sp³-hybridized carbons (Fsp3) is 0.700. The SMILES string of the molecule is Cc1cccc(N2CCCC3(CCN(C4CCC(O)CC4)C3=O)C2)n1. The number of anilines is 1. The Morgan fingerprint density at radius 2 is 1.96 bits per heavy atom. The van der Waals surface area contributed by atoms with E-state index >= 15 is 0 Å². The lowest BCUT2D eigenvalue weighted by molar-refractivity contribution is -0.139. The van der Waals surface area contributed by atoms with E-state index in [0.717, 1.165) is 76.1 Å². The summed E-state index contributed by atoms with van der Waals surface area (Å²) in [5.41, 5.74) is 0.803. The maximum Gasteiger partial charge on any atom is 0.230 e. The first-order chi connectivity index (χ1) is 12.1. The van der Waals surface area contributed by atoms with Gasteiger partial charge in [-0.2, -0.15) is 0 Å². The molecule has 3 fully saturated rings. The van der Waals surface area contributed by atoms with Crippen molar-refractivity contribution in [1.82, 2.24) is 9.88 Å². The van der Waals surface area contributed by atoms with E-state index in [9.17, 15) is 9.90 Å². The van der Waals surface area contributed by atoms with Gasteiger partial charge in [-0.1, -0.05) is 6.07 Å². The Balaban J connectivity index is 1.49. The zero-order valence-corrected chi connectivity index (χ0v) is 15.2. The van der Waals surface area contributed by atoms with Gasteiger partial charge < -0.3 is 14.9 Å². The molecule has 1 aliphatic carbocycles. The van der Waals surface area contributed by atoms with Gasteiger partial charge in [-0.3, -0.25) is 4.79 Å². The number of rotatable bonds is 2. The van der Waals surface area contributed by atoms with E-state index in [1.807, 2.05) is 13.0 Å². The molecule has 25 heavy (non-hydrogen) atoms. The van der Waals surface area contributed by atoms with Crippen molar-refractivity contribution in [3.05, 3.63) is 23.9 Å². The Hall–Kier alpha value is -1.62. The van der Waals surface area contributed by atoms with Gasteiger partial charge in [-0.15, -0.1) is 0 Å². The molecule has 0 bridgehead atoms. The van der Waals surface area contributed by atoms with Crippen LogP contribution in [0.4, 0.5) is 5.82 Å². The van der Waals surface area contributed by atoms with Gasteiger partial charge in [-0.05, 0) is 64.0 Å². The topological polar surface area (TPSA) is 56.7 Å². The van der Waals surface area contributed by atoms with E-state index in [2.05, 4.69) is 26.9 Å². The molecule has 136 valence electrons. The van der Waals surface area contributed by atoms with Crippen molar-refractivity contribution in [1.29, 1.82) is 0 Å². The number of aryl methyl sites for hydroxylation is 1. The number of amides is 1. The minimum atomic E-state index is -0.222. The highest BCUT2D eigenvalue weighted by molar-refractivity contribution is 5.86. The van der Waals surface area contributed by atoms with Crippen molar-refractivity contribution < 1.29 is 9.90 Å². The molecule has 1 atom stereocenters. The lowest BCUT2D eigenvalue weighted by Crippen LogP contribution is -2.50. The molecule has 1 aromatic rings. The molecule has 5 nitrogen and oxygen atoms in total. The van der Waals surface area contributed by atoms with Gasteiger partial charge in [0.05, 0.1) is 11.5 Å². The van der Waals surface area contributed by atoms with Crippen LogP contribution in [-0.4, -0.2) is 52.7 Å². The van der Waals surface area contributed by atoms with Gasteiger partial charge in [0.25, 0.3) is 0 Å². The summed E-state index contributed by atoms with van der Waals surface area (Å²) in [6.45, 7) is 4.69. The van der Waals surface area contributed by atoms with E-state index in [0.29, 0.717) is 11.9 Å². The summed E-state index contributed by atoms with van der Waals surface area (Å²) in [5.74, 6) is 1.36. The zero-order valence-electron chi connectivity index (χ0n) is 15.2. The lowest BCUT2D eigenvalue weighted by Gasteiger charge is -2.41. The van der Waals surface area contributed by atoms with E-state index in [-0.39, 0.29) is 11.5 Å². The summed E-state index contributed by atoms with van der Waals surface area (Å²) >= 11 is 0. The van der Waals surface area contributed by atoms with Crippen molar-refractivity contribution in [3.63, 3.8) is 0 Å². The van der Waals surface area contributed by atoms with Crippen LogP contribution < -0.4 is 4.90 Å². The molecular formula is C20H29N3O2. The molecule has 1 unspecified atom stereocenters. The minimum absolute atomic E-state index is 0.166. The Kier molecular flexibility index (Phi) is 4.44. The molecule has 2 saturated heterocycles. The molecule has 1 N–H and O–H groups in total. The minimum Gasteiger partial charge on any atom is -0.393 e. The second-order valence-electron chi connectivity index (χ2n) is 8.15. The molecule has 0 aromatic carbocycles. The van der Waals surface area contributed by atoms with Gasteiger partial charge in [-0.25, -0.2) is 4.98 Å². The number of aliphatic hydroxyl groups excluding tert-OH is 1. The monoisotopic (exact) mass is 343 g/mol. The Labute approximate surface area is 150 Å². The number of carbonyl (C=O) groups excluding carboxylic acids is 1. The highest BCUT2D eigenvalue weighted by Gasteiger charge is 2.50. The van der Waals surface area contributed by atoms with Crippen LogP contribution in [0.25, 0.3) is 0 Å². The van der Waals surface area contributed by atoms with Crippen molar-refractivity contribution >= 4 is 11.7 Å². The number of carbonyl (C=O) groups is 1. The normalized spacial score (nSPS) is 33.3. The average molecular weight is 343 g/mol. The van der Waals surface area contributed by atoms with Gasteiger partial charge in [0.2, 0.25) is 5.91 Å². The van der Waals surface area contributed by atoms with Crippen LogP contribution in [0.1, 0.15) is 50.6 Å². The highest BCUT2D eigenvalue weighted by atomic mass is 16.3. The number of aliphatic hydroxyl groups is 1. The van der Waals surface area contributed by atoms with E-state index in [1.54, 1.807) is 0 Å². The molecule has 1 aromatic heterocycles. The second-order valence-corrected chi connectivity index (χ2v) is 8.15. The number of nitrogens with zero attached hydrogens (tertiary/aromatic N) is 3. The predicted octanol–water partition coefficient (Wildman–Crippen LogP) is 2.51. The van der Waals surface area contributed by atoms with E-state index in [1.165, 1.54) is 0 Å². The largest absolute Gasteiger partial charge is 0.393 e. The molecule has 3 aliphatic rings. The third-order valence-electron chi connectivity index (χ3n) is 6.43. The molecule has 4 rings (SSSR count). The predicted molar refractivity (Wildman–Crippen MR) is 97.4 cm³/mol. The van der Waals surface area contributed by atoms with Crippen molar-refractivity contribution in [2.24, 2.45) is 5.41 Å². The number of aromatic nitrogens is 1. The number of pyridine rings is 1. The summed E-state index contributed by atoms with van der Waals surface area (Å²) in [7, 11) is 0. The van der Waals surface area contributed by atoms with Crippen molar-refractivity contribution in [3.8, 4) is 0 Å². The summed E-state index contributed by atoms with van der Waals surface area (Å²) in [5, 5.41) is 9.74. The smallest absolute Gasteiger partial charge is 0.230 e. The quantitative estimate of drug-likeness (QED) is 0.896. The Morgan fingerprint density at radius 1 is 1.16 bits per heavy atom. The first-order valence-electron chi connectivity index (χ1n) is 9.75. The molecule has 1 spiro atoms. The Morgan fingerprint density at radius 3 is 2.72 bits per heavy atom. The molecule has 0 radical (unpaired) electrons. The Bertz CT molecular complexity index is 642. The standard InChI is InChI=1S/C20H29N3O2/c1-15-4-2-5-18(21-15)22-12-3-10-20(14-22)11-13-23(19(20)25)16-6-8-17(24)9-7-16/h2,4-5,16-17,24H,3,6-14H2,1H3. The third-order valence-corrected chi connectivity index (χ3v) is 6.43. The third kappa shape index (κ3) is 3.14. The van der Waals surface area contributed by atoms with Crippen LogP contribution in [0.3, 0.4) is 0 Å². The van der Waals surface area contributed by atoms with Crippen molar-refractivity contribution in [2.75, 3.05) is 24.5 Å². The van der Waals surface area contributed by atoms with E-state index < -0.39 is 0 Å². The van der Waals surface area contributed by atoms with Gasteiger partial charge in [0, 0.05) is 31.4 Å². The maximum absolute atomic E-state index is 13.3. The van der Waals surface area contributed by atoms with Crippen LogP contribution in [0, 0.1) is 12.3 Å². The second kappa shape index (κ2) is 6.60. The number of likely N-dealkylation sites (tertiary alicyclic amines) is 1. The van der Waals surface area contributed by atoms with Crippen molar-refractivity contribution in [2.45, 2.75) is 64.0 Å². The zero-order chi connectivity index (χ0) is 17.4. The average Bonchev–Trinajstić information content (AvgIpc) is 2.92. The summed E-state index contributed by atoms with van der Waals surface area (Å²) < 4.78 is 0. The fourth-order valence-electron chi connectivity index (χ4n) is 4.98. The molecule has 1 saturated carbocycles. The molecule has 2 aliphatic heterocycles. The molecule has 3 heterocycles. The van der Waals surface area contributed by atoms with Crippen LogP contribution >= 0.6 is 0 Å². The maximum atomic E-state index is 13.3. The van der Waals surface area contributed by atoms with Gasteiger partial charge >= 0.3 is 0 Å². The lowest BCUT2D eigenvalue weighted by atomic mass is 9.78. The summed E-state index contributed by atoms with van der Waals surface area (Å²) in [4.78, 5) is 22.4. The number of hydrogen-bond donors (Lipinski definition) is 1. The number of hydrogen-bond acceptors (Lipinski definition) is 4. The van der Waals surface area contributed by atoms with Crippen LogP contribution in [0.15, 0.2) is 18.2 Å². The van der Waals surface area contributed by atoms with Crippen LogP contribution in [0.5, 0.6) is 0 Å². The molecular weight excluding hydrogens is 314 g/mol. The summed E-state index contributed by atoms with van der Waals surface area (Å²) in [6, 6.07) is 6.46. The fourth-order valence-corrected chi connectivity index (χ4v) is 4.98. The summed E-state index contributed by atoms with van der Waals surface area (Å²) in [6.07, 6.45) is 6.42.